The van der Waals surface area contributed by atoms with E-state index in [4.69, 9.17) is 10.5 Å². The Hall–Kier alpha value is -3.85. The van der Waals surface area contributed by atoms with E-state index in [2.05, 4.69) is 11.1 Å². The van der Waals surface area contributed by atoms with Gasteiger partial charge in [0.05, 0.1) is 13.2 Å². The Labute approximate surface area is 161 Å². The van der Waals surface area contributed by atoms with Gasteiger partial charge in [-0.05, 0) is 53.6 Å². The van der Waals surface area contributed by atoms with E-state index in [9.17, 15) is 10.1 Å². The van der Waals surface area contributed by atoms with Gasteiger partial charge in [-0.3, -0.25) is 0 Å². The maximum atomic E-state index is 12.5. The van der Waals surface area contributed by atoms with Gasteiger partial charge in [-0.15, -0.1) is 0 Å². The van der Waals surface area contributed by atoms with Crippen LogP contribution in [0.1, 0.15) is 28.7 Å². The van der Waals surface area contributed by atoms with Crippen LogP contribution >= 0.6 is 0 Å². The molecular weight excluding hydrogens is 352 g/mol. The minimum atomic E-state index is -0.424. The molecule has 0 atom stereocenters. The van der Waals surface area contributed by atoms with Crippen LogP contribution in [0.2, 0.25) is 0 Å². The van der Waals surface area contributed by atoms with Crippen LogP contribution in [0.3, 0.4) is 0 Å². The average molecular weight is 370 g/mol. The first-order chi connectivity index (χ1) is 13.6. The minimum absolute atomic E-state index is 0.276. The molecule has 0 bridgehead atoms. The Morgan fingerprint density at radius 1 is 1.18 bits per heavy atom. The van der Waals surface area contributed by atoms with Gasteiger partial charge in [-0.1, -0.05) is 24.3 Å². The number of nitrogens with zero attached hydrogens (tertiary/aromatic N) is 3. The molecule has 0 spiro atoms. The smallest absolute Gasteiger partial charge is 0.355 e. The number of ether oxygens (including phenoxy) is 1. The largest absolute Gasteiger partial charge is 0.461 e. The predicted molar refractivity (Wildman–Crippen MR) is 108 cm³/mol. The molecular formula is C22H18N4O2. The van der Waals surface area contributed by atoms with Crippen LogP contribution in [0, 0.1) is 11.3 Å². The van der Waals surface area contributed by atoms with Crippen LogP contribution in [-0.4, -0.2) is 22.1 Å². The van der Waals surface area contributed by atoms with Gasteiger partial charge in [0.2, 0.25) is 0 Å². The third-order valence-corrected chi connectivity index (χ3v) is 4.64. The predicted octanol–water partition coefficient (Wildman–Crippen LogP) is 3.87. The fourth-order valence-corrected chi connectivity index (χ4v) is 3.44. The number of anilines is 1. The zero-order valence-electron chi connectivity index (χ0n) is 15.3. The highest BCUT2D eigenvalue weighted by Gasteiger charge is 2.19. The number of carbonyl (C=O) groups is 1. The number of carbonyl (C=O) groups excluding carboxylic acids is 1. The standard InChI is InChI=1S/C22H18N4O2/c1-2-28-22(27)20-11-15-7-8-18(12-23)25-21(15)26(20)13-16-10-17(24)9-14-5-3-4-6-19(14)16/h3-11H,2,13,24H2,1H3. The van der Waals surface area contributed by atoms with E-state index in [1.807, 2.05) is 36.4 Å². The molecule has 2 N–H and O–H groups in total. The molecule has 0 unspecified atom stereocenters. The Balaban J connectivity index is 1.94. The van der Waals surface area contributed by atoms with Gasteiger partial charge in [-0.2, -0.15) is 5.26 Å². The molecule has 2 heterocycles. The lowest BCUT2D eigenvalue weighted by atomic mass is 10.0. The highest BCUT2D eigenvalue weighted by Crippen LogP contribution is 2.26. The van der Waals surface area contributed by atoms with Gasteiger partial charge < -0.3 is 15.0 Å². The van der Waals surface area contributed by atoms with Crippen molar-refractivity contribution in [2.75, 3.05) is 12.3 Å². The number of nitrogens with two attached hydrogens (primary N) is 1. The van der Waals surface area contributed by atoms with Crippen molar-refractivity contribution in [3.8, 4) is 6.07 Å². The maximum Gasteiger partial charge on any atom is 0.355 e. The average Bonchev–Trinajstić information content (AvgIpc) is 3.05. The maximum absolute atomic E-state index is 12.5. The van der Waals surface area contributed by atoms with Crippen molar-refractivity contribution >= 4 is 33.5 Å². The fourth-order valence-electron chi connectivity index (χ4n) is 3.44. The summed E-state index contributed by atoms with van der Waals surface area (Å²) in [5.74, 6) is -0.424. The molecule has 138 valence electrons. The van der Waals surface area contributed by atoms with Gasteiger partial charge in [0, 0.05) is 11.1 Å². The van der Waals surface area contributed by atoms with E-state index in [0.29, 0.717) is 29.3 Å². The third kappa shape index (κ3) is 3.03. The second-order valence-electron chi connectivity index (χ2n) is 6.46. The summed E-state index contributed by atoms with van der Waals surface area (Å²) in [6.45, 7) is 2.42. The fraction of sp³-hybridized carbons (Fsp3) is 0.136. The van der Waals surface area contributed by atoms with Gasteiger partial charge in [0.1, 0.15) is 23.1 Å². The Morgan fingerprint density at radius 3 is 2.79 bits per heavy atom. The quantitative estimate of drug-likeness (QED) is 0.435. The number of rotatable bonds is 4. The molecule has 6 heteroatoms. The van der Waals surface area contributed by atoms with Gasteiger partial charge in [-0.25, -0.2) is 9.78 Å². The van der Waals surface area contributed by atoms with E-state index >= 15 is 0 Å². The summed E-state index contributed by atoms with van der Waals surface area (Å²) in [7, 11) is 0. The van der Waals surface area contributed by atoms with E-state index in [1.165, 1.54) is 0 Å². The number of hydrogen-bond donors (Lipinski definition) is 1. The molecule has 0 radical (unpaired) electrons. The molecule has 0 aliphatic heterocycles. The molecule has 6 nitrogen and oxygen atoms in total. The lowest BCUT2D eigenvalue weighted by molar-refractivity contribution is 0.0515. The Morgan fingerprint density at radius 2 is 2.00 bits per heavy atom. The number of nitrogen functional groups attached to an aromatic ring is 1. The van der Waals surface area contributed by atoms with Gasteiger partial charge >= 0.3 is 5.97 Å². The second-order valence-corrected chi connectivity index (χ2v) is 6.46. The molecule has 0 fully saturated rings. The first kappa shape index (κ1) is 17.6. The highest BCUT2D eigenvalue weighted by molar-refractivity contribution is 5.95. The summed E-state index contributed by atoms with van der Waals surface area (Å²) in [4.78, 5) is 17.0. The number of aromatic nitrogens is 2. The number of hydrogen-bond acceptors (Lipinski definition) is 5. The van der Waals surface area contributed by atoms with Crippen molar-refractivity contribution in [3.63, 3.8) is 0 Å². The Bertz CT molecular complexity index is 1250. The van der Waals surface area contributed by atoms with Crippen molar-refractivity contribution in [3.05, 3.63) is 71.5 Å². The van der Waals surface area contributed by atoms with Crippen LogP contribution in [0.15, 0.2) is 54.6 Å². The number of benzene rings is 2. The molecule has 2 aromatic heterocycles. The normalized spacial score (nSPS) is 10.9. The molecule has 0 saturated carbocycles. The SMILES string of the molecule is CCOC(=O)c1cc2ccc(C#N)nc2n1Cc1cc(N)cc2ccccc12. The van der Waals surface area contributed by atoms with Crippen molar-refractivity contribution in [2.45, 2.75) is 13.5 Å². The van der Waals surface area contributed by atoms with Crippen molar-refractivity contribution < 1.29 is 9.53 Å². The molecule has 28 heavy (non-hydrogen) atoms. The molecule has 0 aliphatic carbocycles. The minimum Gasteiger partial charge on any atom is -0.461 e. The molecule has 0 saturated heterocycles. The first-order valence-electron chi connectivity index (χ1n) is 8.95. The molecule has 4 rings (SSSR count). The number of fused-ring (bicyclic) bond motifs is 2. The molecule has 2 aromatic carbocycles. The van der Waals surface area contributed by atoms with E-state index in [-0.39, 0.29) is 6.61 Å². The van der Waals surface area contributed by atoms with Crippen LogP contribution in [0.5, 0.6) is 0 Å². The monoisotopic (exact) mass is 370 g/mol. The first-order valence-corrected chi connectivity index (χ1v) is 8.95. The molecule has 0 aliphatic rings. The van der Waals surface area contributed by atoms with Crippen LogP contribution < -0.4 is 5.73 Å². The van der Waals surface area contributed by atoms with Crippen LogP contribution in [0.25, 0.3) is 21.8 Å². The zero-order valence-corrected chi connectivity index (χ0v) is 15.3. The number of nitriles is 1. The topological polar surface area (TPSA) is 93.9 Å². The number of esters is 1. The highest BCUT2D eigenvalue weighted by atomic mass is 16.5. The summed E-state index contributed by atoms with van der Waals surface area (Å²) < 4.78 is 7.01. The van der Waals surface area contributed by atoms with Crippen LogP contribution in [0.4, 0.5) is 5.69 Å². The van der Waals surface area contributed by atoms with Crippen LogP contribution in [-0.2, 0) is 11.3 Å². The lowest BCUT2D eigenvalue weighted by Crippen LogP contribution is -2.13. The summed E-state index contributed by atoms with van der Waals surface area (Å²) in [6, 6.07) is 19.0. The third-order valence-electron chi connectivity index (χ3n) is 4.64. The molecule has 4 aromatic rings. The Kier molecular flexibility index (Phi) is 4.42. The van der Waals surface area contributed by atoms with E-state index in [1.54, 1.807) is 29.7 Å². The second kappa shape index (κ2) is 7.05. The zero-order chi connectivity index (χ0) is 19.7. The van der Waals surface area contributed by atoms with Crippen molar-refractivity contribution in [2.24, 2.45) is 0 Å². The van der Waals surface area contributed by atoms with Crippen molar-refractivity contribution in [1.29, 1.82) is 5.26 Å². The lowest BCUT2D eigenvalue weighted by Gasteiger charge is -2.13. The molecule has 0 amide bonds. The van der Waals surface area contributed by atoms with Crippen molar-refractivity contribution in [1.82, 2.24) is 9.55 Å². The van der Waals surface area contributed by atoms with Gasteiger partial charge in [0.25, 0.3) is 0 Å². The summed E-state index contributed by atoms with van der Waals surface area (Å²) in [5.41, 5.74) is 8.95. The van der Waals surface area contributed by atoms with E-state index in [0.717, 1.165) is 21.7 Å². The summed E-state index contributed by atoms with van der Waals surface area (Å²) in [5, 5.41) is 12.1. The summed E-state index contributed by atoms with van der Waals surface area (Å²) >= 11 is 0. The van der Waals surface area contributed by atoms with Gasteiger partial charge in [0.15, 0.2) is 0 Å². The van der Waals surface area contributed by atoms with E-state index < -0.39 is 5.97 Å². The number of pyridine rings is 1. The summed E-state index contributed by atoms with van der Waals surface area (Å²) in [6.07, 6.45) is 0.